The van der Waals surface area contributed by atoms with Gasteiger partial charge >= 0.3 is 0 Å². The van der Waals surface area contributed by atoms with Gasteiger partial charge in [0.25, 0.3) is 0 Å². The number of fused-ring (bicyclic) bond motifs is 1. The van der Waals surface area contributed by atoms with Gasteiger partial charge in [-0.1, -0.05) is 12.1 Å². The zero-order chi connectivity index (χ0) is 20.4. The molecule has 29 heavy (non-hydrogen) atoms. The molecule has 0 aliphatic carbocycles. The first-order valence-electron chi connectivity index (χ1n) is 10.6. The topological polar surface area (TPSA) is 45.7 Å². The lowest BCUT2D eigenvalue weighted by molar-refractivity contribution is -0.142. The van der Waals surface area contributed by atoms with Crippen molar-refractivity contribution in [3.63, 3.8) is 0 Å². The Morgan fingerprint density at radius 1 is 1.17 bits per heavy atom. The number of rotatable bonds is 5. The molecule has 2 aromatic rings. The standard InChI is InChI=1S/C24H31N3O2/c1-17-12-23(29-3)18(2)11-21(17)16-26-10-8-22-20(15-26)6-7-24(28)27(22)14-19-5-4-9-25-13-19/h4-5,9,11-13,20,22H,6-8,10,14-16H2,1-3H3/t20-,22+/m1/s1. The van der Waals surface area contributed by atoms with E-state index in [0.717, 1.165) is 43.8 Å². The van der Waals surface area contributed by atoms with Gasteiger partial charge in [0, 0.05) is 51.0 Å². The fourth-order valence-electron chi connectivity index (χ4n) is 4.94. The fraction of sp³-hybridized carbons (Fsp3) is 0.500. The van der Waals surface area contributed by atoms with Gasteiger partial charge in [-0.05, 0) is 67.0 Å². The second-order valence-corrected chi connectivity index (χ2v) is 8.52. The highest BCUT2D eigenvalue weighted by atomic mass is 16.5. The summed E-state index contributed by atoms with van der Waals surface area (Å²) in [7, 11) is 1.73. The number of pyridine rings is 1. The Hall–Kier alpha value is -2.40. The first-order valence-corrected chi connectivity index (χ1v) is 10.6. The number of carbonyl (C=O) groups excluding carboxylic acids is 1. The van der Waals surface area contributed by atoms with E-state index in [1.54, 1.807) is 13.3 Å². The summed E-state index contributed by atoms with van der Waals surface area (Å²) in [4.78, 5) is 21.5. The third-order valence-electron chi connectivity index (χ3n) is 6.55. The number of likely N-dealkylation sites (tertiary alicyclic amines) is 2. The average Bonchev–Trinajstić information content (AvgIpc) is 2.73. The van der Waals surface area contributed by atoms with Crippen LogP contribution in [-0.2, 0) is 17.9 Å². The number of aryl methyl sites for hydroxylation is 2. The first-order chi connectivity index (χ1) is 14.0. The molecule has 2 atom stereocenters. The van der Waals surface area contributed by atoms with Crippen LogP contribution in [0.4, 0.5) is 0 Å². The summed E-state index contributed by atoms with van der Waals surface area (Å²) >= 11 is 0. The Morgan fingerprint density at radius 2 is 2.03 bits per heavy atom. The van der Waals surface area contributed by atoms with E-state index in [1.165, 1.54) is 16.7 Å². The van der Waals surface area contributed by atoms with Crippen molar-refractivity contribution in [2.75, 3.05) is 20.2 Å². The molecule has 1 amide bonds. The number of piperidine rings is 2. The number of amides is 1. The highest BCUT2D eigenvalue weighted by molar-refractivity contribution is 5.77. The highest BCUT2D eigenvalue weighted by Gasteiger charge is 2.39. The molecular formula is C24H31N3O2. The van der Waals surface area contributed by atoms with Crippen molar-refractivity contribution in [3.05, 3.63) is 58.9 Å². The number of nitrogens with zero attached hydrogens (tertiary/aromatic N) is 3. The lowest BCUT2D eigenvalue weighted by Gasteiger charge is -2.47. The molecule has 2 fully saturated rings. The van der Waals surface area contributed by atoms with Crippen LogP contribution >= 0.6 is 0 Å². The maximum atomic E-state index is 12.6. The molecule has 2 aliphatic heterocycles. The average molecular weight is 394 g/mol. The van der Waals surface area contributed by atoms with Gasteiger partial charge in [0.15, 0.2) is 0 Å². The van der Waals surface area contributed by atoms with Crippen molar-refractivity contribution in [1.82, 2.24) is 14.8 Å². The lowest BCUT2D eigenvalue weighted by atomic mass is 9.83. The van der Waals surface area contributed by atoms with Crippen LogP contribution in [0.15, 0.2) is 36.7 Å². The second-order valence-electron chi connectivity index (χ2n) is 8.52. The van der Waals surface area contributed by atoms with Gasteiger partial charge in [0.1, 0.15) is 5.75 Å². The minimum Gasteiger partial charge on any atom is -0.496 e. The molecule has 0 unspecified atom stereocenters. The molecule has 0 spiro atoms. The molecule has 4 rings (SSSR count). The third-order valence-corrected chi connectivity index (χ3v) is 6.55. The lowest BCUT2D eigenvalue weighted by Crippen LogP contribution is -2.55. The zero-order valence-corrected chi connectivity index (χ0v) is 17.7. The van der Waals surface area contributed by atoms with E-state index in [4.69, 9.17) is 4.74 Å². The number of aromatic nitrogens is 1. The van der Waals surface area contributed by atoms with E-state index in [9.17, 15) is 4.79 Å². The minimum atomic E-state index is 0.296. The molecule has 0 radical (unpaired) electrons. The SMILES string of the molecule is COc1cc(C)c(CN2CC[C@H]3[C@H](CCC(=O)N3Cc3cccnc3)C2)cc1C. The van der Waals surface area contributed by atoms with Crippen LogP contribution in [0.2, 0.25) is 0 Å². The van der Waals surface area contributed by atoms with Gasteiger partial charge in [0.05, 0.1) is 7.11 Å². The van der Waals surface area contributed by atoms with Crippen molar-refractivity contribution in [1.29, 1.82) is 0 Å². The zero-order valence-electron chi connectivity index (χ0n) is 17.7. The van der Waals surface area contributed by atoms with E-state index in [2.05, 4.69) is 46.8 Å². The molecular weight excluding hydrogens is 362 g/mol. The van der Waals surface area contributed by atoms with Gasteiger partial charge in [-0.2, -0.15) is 0 Å². The number of benzene rings is 1. The summed E-state index contributed by atoms with van der Waals surface area (Å²) < 4.78 is 5.46. The third kappa shape index (κ3) is 4.30. The summed E-state index contributed by atoms with van der Waals surface area (Å²) in [5.74, 6) is 1.81. The number of hydrogen-bond acceptors (Lipinski definition) is 4. The minimum absolute atomic E-state index is 0.296. The number of hydrogen-bond donors (Lipinski definition) is 0. The molecule has 2 aliphatic rings. The number of carbonyl (C=O) groups is 1. The Labute approximate surface area is 173 Å². The van der Waals surface area contributed by atoms with Crippen molar-refractivity contribution >= 4 is 5.91 Å². The van der Waals surface area contributed by atoms with Crippen LogP contribution in [0.5, 0.6) is 5.75 Å². The largest absolute Gasteiger partial charge is 0.496 e. The molecule has 1 aromatic carbocycles. The van der Waals surface area contributed by atoms with E-state index >= 15 is 0 Å². The molecule has 0 bridgehead atoms. The van der Waals surface area contributed by atoms with E-state index in [0.29, 0.717) is 30.8 Å². The molecule has 0 N–H and O–H groups in total. The first kappa shape index (κ1) is 19.9. The Morgan fingerprint density at radius 3 is 2.79 bits per heavy atom. The summed E-state index contributed by atoms with van der Waals surface area (Å²) in [6, 6.07) is 8.77. The van der Waals surface area contributed by atoms with Gasteiger partial charge in [0.2, 0.25) is 5.91 Å². The van der Waals surface area contributed by atoms with Gasteiger partial charge < -0.3 is 9.64 Å². The summed E-state index contributed by atoms with van der Waals surface area (Å²) in [5, 5.41) is 0. The van der Waals surface area contributed by atoms with Crippen molar-refractivity contribution in [2.24, 2.45) is 5.92 Å². The normalized spacial score (nSPS) is 22.4. The molecule has 5 heteroatoms. The highest BCUT2D eigenvalue weighted by Crippen LogP contribution is 2.33. The predicted octanol–water partition coefficient (Wildman–Crippen LogP) is 3.72. The fourth-order valence-corrected chi connectivity index (χ4v) is 4.94. The van der Waals surface area contributed by atoms with Gasteiger partial charge in [-0.15, -0.1) is 0 Å². The van der Waals surface area contributed by atoms with Crippen LogP contribution in [0.1, 0.15) is 41.5 Å². The van der Waals surface area contributed by atoms with Crippen LogP contribution in [-0.4, -0.2) is 46.9 Å². The molecule has 1 aromatic heterocycles. The van der Waals surface area contributed by atoms with Crippen molar-refractivity contribution in [3.8, 4) is 5.75 Å². The Bertz CT molecular complexity index is 868. The van der Waals surface area contributed by atoms with E-state index < -0.39 is 0 Å². The predicted molar refractivity (Wildman–Crippen MR) is 114 cm³/mol. The molecule has 5 nitrogen and oxygen atoms in total. The van der Waals surface area contributed by atoms with Gasteiger partial charge in [-0.3, -0.25) is 14.7 Å². The quantitative estimate of drug-likeness (QED) is 0.777. The van der Waals surface area contributed by atoms with Crippen LogP contribution in [0, 0.1) is 19.8 Å². The molecule has 0 saturated carbocycles. The van der Waals surface area contributed by atoms with Crippen LogP contribution in [0.25, 0.3) is 0 Å². The molecule has 2 saturated heterocycles. The number of methoxy groups -OCH3 is 1. The maximum Gasteiger partial charge on any atom is 0.223 e. The molecule has 3 heterocycles. The monoisotopic (exact) mass is 393 g/mol. The second kappa shape index (κ2) is 8.54. The van der Waals surface area contributed by atoms with Crippen LogP contribution < -0.4 is 4.74 Å². The summed E-state index contributed by atoms with van der Waals surface area (Å²) in [6.45, 7) is 8.02. The van der Waals surface area contributed by atoms with E-state index in [1.807, 2.05) is 12.3 Å². The number of ether oxygens (including phenoxy) is 1. The van der Waals surface area contributed by atoms with Crippen molar-refractivity contribution < 1.29 is 9.53 Å². The Balaban J connectivity index is 1.44. The van der Waals surface area contributed by atoms with Gasteiger partial charge in [-0.25, -0.2) is 0 Å². The summed E-state index contributed by atoms with van der Waals surface area (Å²) in [6.07, 6.45) is 6.37. The van der Waals surface area contributed by atoms with Crippen molar-refractivity contribution in [2.45, 2.75) is 52.2 Å². The summed E-state index contributed by atoms with van der Waals surface area (Å²) in [5.41, 5.74) is 4.97. The maximum absolute atomic E-state index is 12.6. The smallest absolute Gasteiger partial charge is 0.223 e. The van der Waals surface area contributed by atoms with E-state index in [-0.39, 0.29) is 0 Å². The Kier molecular flexibility index (Phi) is 5.86. The molecule has 154 valence electrons. The van der Waals surface area contributed by atoms with Crippen LogP contribution in [0.3, 0.4) is 0 Å².